The number of benzene rings is 1. The van der Waals surface area contributed by atoms with Gasteiger partial charge in [-0.05, 0) is 18.2 Å². The molecular formula is C16H12ClN5OS2. The van der Waals surface area contributed by atoms with Crippen molar-refractivity contribution in [1.29, 1.82) is 0 Å². The van der Waals surface area contributed by atoms with Crippen molar-refractivity contribution < 1.29 is 4.79 Å². The fourth-order valence-corrected chi connectivity index (χ4v) is 3.58. The second kappa shape index (κ2) is 8.70. The highest BCUT2D eigenvalue weighted by Crippen LogP contribution is 2.27. The van der Waals surface area contributed by atoms with Gasteiger partial charge in [-0.1, -0.05) is 59.0 Å². The van der Waals surface area contributed by atoms with Crippen molar-refractivity contribution in [2.75, 3.05) is 5.75 Å². The lowest BCUT2D eigenvalue weighted by molar-refractivity contribution is -0.118. The smallest absolute Gasteiger partial charge is 0.250 e. The van der Waals surface area contributed by atoms with E-state index in [1.807, 2.05) is 36.4 Å². The number of nitrogens with zero attached hydrogens (tertiary/aromatic N) is 4. The number of nitrogens with one attached hydrogen (secondary N) is 1. The van der Waals surface area contributed by atoms with Crippen LogP contribution in [0, 0.1) is 0 Å². The lowest BCUT2D eigenvalue weighted by atomic mass is 10.2. The van der Waals surface area contributed by atoms with Gasteiger partial charge in [-0.15, -0.1) is 10.2 Å². The van der Waals surface area contributed by atoms with Crippen molar-refractivity contribution in [3.05, 3.63) is 59.2 Å². The minimum atomic E-state index is -0.233. The van der Waals surface area contributed by atoms with Crippen molar-refractivity contribution >= 4 is 46.8 Å². The fourth-order valence-electron chi connectivity index (χ4n) is 1.77. The Balaban J connectivity index is 1.50. The maximum Gasteiger partial charge on any atom is 0.250 e. The van der Waals surface area contributed by atoms with Crippen LogP contribution in [0.3, 0.4) is 0 Å². The van der Waals surface area contributed by atoms with E-state index in [1.54, 1.807) is 12.3 Å². The summed E-state index contributed by atoms with van der Waals surface area (Å²) in [6, 6.07) is 12.8. The molecule has 0 aliphatic heterocycles. The molecular weight excluding hydrogens is 378 g/mol. The molecule has 0 bridgehead atoms. The van der Waals surface area contributed by atoms with Gasteiger partial charge in [-0.25, -0.2) is 5.43 Å². The van der Waals surface area contributed by atoms with Crippen molar-refractivity contribution in [2.24, 2.45) is 5.10 Å². The van der Waals surface area contributed by atoms with Gasteiger partial charge < -0.3 is 0 Å². The summed E-state index contributed by atoms with van der Waals surface area (Å²) in [5, 5.41) is 13.3. The van der Waals surface area contributed by atoms with Gasteiger partial charge in [0.2, 0.25) is 0 Å². The van der Waals surface area contributed by atoms with Crippen LogP contribution in [0.2, 0.25) is 5.02 Å². The minimum Gasteiger partial charge on any atom is -0.272 e. The van der Waals surface area contributed by atoms with Crippen molar-refractivity contribution in [1.82, 2.24) is 20.6 Å². The summed E-state index contributed by atoms with van der Waals surface area (Å²) in [7, 11) is 0. The third kappa shape index (κ3) is 5.09. The van der Waals surface area contributed by atoms with Gasteiger partial charge in [-0.2, -0.15) is 5.10 Å². The average Bonchev–Trinajstić information content (AvgIpc) is 3.11. The molecule has 3 rings (SSSR count). The monoisotopic (exact) mass is 389 g/mol. The first kappa shape index (κ1) is 17.5. The van der Waals surface area contributed by atoms with Gasteiger partial charge in [0, 0.05) is 16.8 Å². The Kier molecular flexibility index (Phi) is 6.10. The number of carbonyl (C=O) groups excluding carboxylic acids is 1. The number of pyridine rings is 1. The highest BCUT2D eigenvalue weighted by atomic mass is 35.5. The molecule has 126 valence electrons. The Morgan fingerprint density at radius 1 is 1.24 bits per heavy atom. The summed E-state index contributed by atoms with van der Waals surface area (Å²) < 4.78 is 0.700. The van der Waals surface area contributed by atoms with Crippen LogP contribution in [-0.2, 0) is 4.79 Å². The minimum absolute atomic E-state index is 0.191. The molecule has 0 atom stereocenters. The predicted molar refractivity (Wildman–Crippen MR) is 101 cm³/mol. The Bertz CT molecular complexity index is 885. The average molecular weight is 390 g/mol. The molecule has 6 nitrogen and oxygen atoms in total. The largest absolute Gasteiger partial charge is 0.272 e. The first-order valence-corrected chi connectivity index (χ1v) is 9.34. The molecule has 0 radical (unpaired) electrons. The molecule has 2 aromatic heterocycles. The Labute approximate surface area is 157 Å². The third-order valence-electron chi connectivity index (χ3n) is 2.92. The fraction of sp³-hybridized carbons (Fsp3) is 0.0625. The van der Waals surface area contributed by atoms with E-state index in [4.69, 9.17) is 11.6 Å². The SMILES string of the molecule is O=C(CSc1nnc(-c2ccccn2)s1)N/N=C/c1ccccc1Cl. The highest BCUT2D eigenvalue weighted by molar-refractivity contribution is 8.01. The molecule has 1 aromatic carbocycles. The number of halogens is 1. The molecule has 9 heteroatoms. The van der Waals surface area contributed by atoms with Crippen LogP contribution in [0.1, 0.15) is 5.56 Å². The zero-order chi connectivity index (χ0) is 17.5. The van der Waals surface area contributed by atoms with Gasteiger partial charge in [0.05, 0.1) is 12.0 Å². The molecule has 25 heavy (non-hydrogen) atoms. The zero-order valence-electron chi connectivity index (χ0n) is 12.8. The van der Waals surface area contributed by atoms with Crippen LogP contribution in [0.4, 0.5) is 0 Å². The van der Waals surface area contributed by atoms with Crippen LogP contribution >= 0.6 is 34.7 Å². The van der Waals surface area contributed by atoms with Gasteiger partial charge in [0.1, 0.15) is 5.69 Å². The van der Waals surface area contributed by atoms with Crippen molar-refractivity contribution in [2.45, 2.75) is 4.34 Å². The van der Waals surface area contributed by atoms with E-state index in [-0.39, 0.29) is 11.7 Å². The maximum absolute atomic E-state index is 11.8. The van der Waals surface area contributed by atoms with Crippen LogP contribution in [0.25, 0.3) is 10.7 Å². The van der Waals surface area contributed by atoms with Crippen LogP contribution < -0.4 is 5.43 Å². The molecule has 0 aliphatic rings. The summed E-state index contributed by atoms with van der Waals surface area (Å²) in [6.07, 6.45) is 3.21. The number of hydrogen-bond acceptors (Lipinski definition) is 7. The van der Waals surface area contributed by atoms with Gasteiger partial charge >= 0.3 is 0 Å². The van der Waals surface area contributed by atoms with Gasteiger partial charge in [0.25, 0.3) is 5.91 Å². The number of aromatic nitrogens is 3. The molecule has 0 spiro atoms. The van der Waals surface area contributed by atoms with Crippen LogP contribution in [0.5, 0.6) is 0 Å². The Morgan fingerprint density at radius 2 is 2.08 bits per heavy atom. The summed E-state index contributed by atoms with van der Waals surface area (Å²) in [6.45, 7) is 0. The summed E-state index contributed by atoms with van der Waals surface area (Å²) >= 11 is 8.70. The molecule has 0 aliphatic carbocycles. The van der Waals surface area contributed by atoms with E-state index in [0.29, 0.717) is 9.36 Å². The number of hydrazone groups is 1. The number of hydrogen-bond donors (Lipinski definition) is 1. The van der Waals surface area contributed by atoms with Crippen molar-refractivity contribution in [3.63, 3.8) is 0 Å². The van der Waals surface area contributed by atoms with E-state index in [1.165, 1.54) is 29.3 Å². The second-order valence-corrected chi connectivity index (χ2v) is 7.30. The lowest BCUT2D eigenvalue weighted by Crippen LogP contribution is -2.19. The van der Waals surface area contributed by atoms with Crippen LogP contribution in [-0.4, -0.2) is 33.1 Å². The molecule has 2 heterocycles. The number of thioether (sulfide) groups is 1. The summed E-state index contributed by atoms with van der Waals surface area (Å²) in [5.74, 6) is -0.0423. The third-order valence-corrected chi connectivity index (χ3v) is 5.34. The van der Waals surface area contributed by atoms with E-state index in [0.717, 1.165) is 16.3 Å². The van der Waals surface area contributed by atoms with Gasteiger partial charge in [-0.3, -0.25) is 9.78 Å². The molecule has 0 saturated carbocycles. The first-order chi connectivity index (χ1) is 12.2. The van der Waals surface area contributed by atoms with E-state index >= 15 is 0 Å². The standard InChI is InChI=1S/C16H12ClN5OS2/c17-12-6-2-1-5-11(12)9-19-20-14(23)10-24-16-22-21-15(25-16)13-7-3-4-8-18-13/h1-9H,10H2,(H,20,23)/b19-9+. The quantitative estimate of drug-likeness (QED) is 0.396. The topological polar surface area (TPSA) is 80.1 Å². The zero-order valence-corrected chi connectivity index (χ0v) is 15.2. The number of rotatable bonds is 6. The molecule has 1 N–H and O–H groups in total. The molecule has 0 saturated heterocycles. The molecule has 0 fully saturated rings. The Morgan fingerprint density at radius 3 is 2.88 bits per heavy atom. The summed E-state index contributed by atoms with van der Waals surface area (Å²) in [5.41, 5.74) is 3.96. The predicted octanol–water partition coefficient (Wildman–Crippen LogP) is 3.50. The molecule has 0 unspecified atom stereocenters. The van der Waals surface area contributed by atoms with Crippen LogP contribution in [0.15, 0.2) is 58.1 Å². The molecule has 1 amide bonds. The number of carbonyl (C=O) groups is 1. The molecule has 3 aromatic rings. The Hall–Kier alpha value is -2.29. The van der Waals surface area contributed by atoms with E-state index in [2.05, 4.69) is 25.7 Å². The normalized spacial score (nSPS) is 10.9. The second-order valence-electron chi connectivity index (χ2n) is 4.69. The first-order valence-electron chi connectivity index (χ1n) is 7.16. The maximum atomic E-state index is 11.8. The van der Waals surface area contributed by atoms with E-state index < -0.39 is 0 Å². The summed E-state index contributed by atoms with van der Waals surface area (Å²) in [4.78, 5) is 16.1. The van der Waals surface area contributed by atoms with Crippen molar-refractivity contribution in [3.8, 4) is 10.7 Å². The van der Waals surface area contributed by atoms with Gasteiger partial charge in [0.15, 0.2) is 9.35 Å². The number of amides is 1. The van der Waals surface area contributed by atoms with E-state index in [9.17, 15) is 4.79 Å². The highest BCUT2D eigenvalue weighted by Gasteiger charge is 2.09. The lowest BCUT2D eigenvalue weighted by Gasteiger charge is -1.98.